The number of benzene rings is 2. The fourth-order valence-electron chi connectivity index (χ4n) is 1.59. The van der Waals surface area contributed by atoms with E-state index in [4.69, 9.17) is 5.84 Å². The van der Waals surface area contributed by atoms with Gasteiger partial charge in [0, 0.05) is 10.2 Å². The summed E-state index contributed by atoms with van der Waals surface area (Å²) in [4.78, 5) is 4.47. The number of guanidine groups is 1. The number of hydrazine groups is 1. The fourth-order valence-corrected chi connectivity index (χ4v) is 1.95. The lowest BCUT2D eigenvalue weighted by molar-refractivity contribution is 1.02. The Balaban J connectivity index is 2.26. The average molecular weight is 319 g/mol. The molecular weight excluding hydrogens is 304 g/mol. The third-order valence-corrected chi connectivity index (χ3v) is 3.50. The maximum Gasteiger partial charge on any atom is 0.215 e. The number of hydrogen-bond donors (Lipinski definition) is 3. The van der Waals surface area contributed by atoms with Crippen molar-refractivity contribution in [3.05, 3.63) is 58.6 Å². The SMILES string of the molecule is Cc1c(Br)cccc1N=C(NN)Nc1ccccc1. The molecule has 0 saturated heterocycles. The zero-order chi connectivity index (χ0) is 13.7. The summed E-state index contributed by atoms with van der Waals surface area (Å²) >= 11 is 3.48. The van der Waals surface area contributed by atoms with Gasteiger partial charge in [-0.2, -0.15) is 0 Å². The summed E-state index contributed by atoms with van der Waals surface area (Å²) in [6.07, 6.45) is 0. The zero-order valence-electron chi connectivity index (χ0n) is 10.5. The van der Waals surface area contributed by atoms with Crippen LogP contribution in [0.4, 0.5) is 11.4 Å². The van der Waals surface area contributed by atoms with Gasteiger partial charge in [0.15, 0.2) is 0 Å². The van der Waals surface area contributed by atoms with Crippen LogP contribution < -0.4 is 16.6 Å². The molecule has 2 rings (SSSR count). The molecule has 0 unspecified atom stereocenters. The van der Waals surface area contributed by atoms with Crippen molar-refractivity contribution in [3.63, 3.8) is 0 Å². The molecule has 0 aliphatic rings. The van der Waals surface area contributed by atoms with E-state index < -0.39 is 0 Å². The summed E-state index contributed by atoms with van der Waals surface area (Å²) < 4.78 is 1.02. The number of rotatable bonds is 2. The molecule has 5 heteroatoms. The van der Waals surface area contributed by atoms with Crippen LogP contribution in [0.3, 0.4) is 0 Å². The summed E-state index contributed by atoms with van der Waals surface area (Å²) in [6.45, 7) is 2.00. The van der Waals surface area contributed by atoms with E-state index in [2.05, 4.69) is 31.7 Å². The molecule has 0 aliphatic heterocycles. The van der Waals surface area contributed by atoms with E-state index in [1.807, 2.05) is 55.5 Å². The van der Waals surface area contributed by atoms with Crippen LogP contribution in [-0.2, 0) is 0 Å². The van der Waals surface area contributed by atoms with Crippen molar-refractivity contribution in [1.82, 2.24) is 5.43 Å². The zero-order valence-corrected chi connectivity index (χ0v) is 12.1. The summed E-state index contributed by atoms with van der Waals surface area (Å²) in [6, 6.07) is 15.6. The van der Waals surface area contributed by atoms with E-state index in [-0.39, 0.29) is 0 Å². The third kappa shape index (κ3) is 3.56. The van der Waals surface area contributed by atoms with E-state index in [1.54, 1.807) is 0 Å². The lowest BCUT2D eigenvalue weighted by Crippen LogP contribution is -2.36. The first kappa shape index (κ1) is 13.6. The lowest BCUT2D eigenvalue weighted by Gasteiger charge is -2.10. The number of para-hydroxylation sites is 1. The molecule has 0 atom stereocenters. The second-order valence-corrected chi connectivity index (χ2v) is 4.83. The maximum absolute atomic E-state index is 5.50. The number of anilines is 1. The van der Waals surface area contributed by atoms with E-state index in [1.165, 1.54) is 0 Å². The molecule has 0 aliphatic carbocycles. The molecule has 2 aromatic rings. The second-order valence-electron chi connectivity index (χ2n) is 3.98. The first-order valence-corrected chi connectivity index (χ1v) is 6.62. The minimum absolute atomic E-state index is 0.493. The predicted octanol–water partition coefficient (Wildman–Crippen LogP) is 3.32. The van der Waals surface area contributed by atoms with Gasteiger partial charge in [0.2, 0.25) is 5.96 Å². The van der Waals surface area contributed by atoms with Crippen molar-refractivity contribution in [2.24, 2.45) is 10.8 Å². The van der Waals surface area contributed by atoms with Gasteiger partial charge < -0.3 is 5.32 Å². The molecule has 4 nitrogen and oxygen atoms in total. The number of nitrogens with zero attached hydrogens (tertiary/aromatic N) is 1. The van der Waals surface area contributed by atoms with Crippen LogP contribution >= 0.6 is 15.9 Å². The minimum atomic E-state index is 0.493. The number of aliphatic imine (C=N–C) groups is 1. The summed E-state index contributed by atoms with van der Waals surface area (Å²) in [5, 5.41) is 3.12. The Kier molecular flexibility index (Phi) is 4.54. The van der Waals surface area contributed by atoms with Crippen molar-refractivity contribution >= 4 is 33.3 Å². The van der Waals surface area contributed by atoms with E-state index >= 15 is 0 Å². The molecule has 0 spiro atoms. The van der Waals surface area contributed by atoms with Gasteiger partial charge in [-0.3, -0.25) is 5.43 Å². The van der Waals surface area contributed by atoms with Crippen LogP contribution in [0, 0.1) is 6.92 Å². The topological polar surface area (TPSA) is 62.4 Å². The lowest BCUT2D eigenvalue weighted by atomic mass is 10.2. The Morgan fingerprint density at radius 2 is 1.84 bits per heavy atom. The van der Waals surface area contributed by atoms with Gasteiger partial charge in [-0.1, -0.05) is 40.2 Å². The van der Waals surface area contributed by atoms with Crippen molar-refractivity contribution in [3.8, 4) is 0 Å². The van der Waals surface area contributed by atoms with Crippen LogP contribution in [0.1, 0.15) is 5.56 Å². The number of halogens is 1. The molecule has 0 saturated carbocycles. The smallest absolute Gasteiger partial charge is 0.215 e. The second kappa shape index (κ2) is 6.36. The van der Waals surface area contributed by atoms with Gasteiger partial charge in [0.25, 0.3) is 0 Å². The average Bonchev–Trinajstić information content (AvgIpc) is 2.44. The van der Waals surface area contributed by atoms with E-state index in [9.17, 15) is 0 Å². The highest BCUT2D eigenvalue weighted by atomic mass is 79.9. The summed E-state index contributed by atoms with van der Waals surface area (Å²) in [5.74, 6) is 5.99. The molecular formula is C14H15BrN4. The Morgan fingerprint density at radius 1 is 1.11 bits per heavy atom. The molecule has 0 aromatic heterocycles. The molecule has 4 N–H and O–H groups in total. The summed E-state index contributed by atoms with van der Waals surface area (Å²) in [5.41, 5.74) is 5.41. The number of hydrogen-bond acceptors (Lipinski definition) is 2. The van der Waals surface area contributed by atoms with Crippen molar-refractivity contribution in [2.45, 2.75) is 6.92 Å². The third-order valence-electron chi connectivity index (χ3n) is 2.64. The Morgan fingerprint density at radius 3 is 2.53 bits per heavy atom. The standard InChI is InChI=1S/C14H15BrN4/c1-10-12(15)8-5-9-13(10)18-14(19-16)17-11-6-3-2-4-7-11/h2-9H,16H2,1H3,(H2,17,18,19). The quantitative estimate of drug-likeness (QED) is 0.344. The van der Waals surface area contributed by atoms with Crippen LogP contribution in [0.15, 0.2) is 58.0 Å². The normalized spacial score (nSPS) is 11.2. The molecule has 2 aromatic carbocycles. The minimum Gasteiger partial charge on any atom is -0.325 e. The molecule has 0 fully saturated rings. The monoisotopic (exact) mass is 318 g/mol. The van der Waals surface area contributed by atoms with Gasteiger partial charge in [-0.15, -0.1) is 0 Å². The maximum atomic E-state index is 5.50. The van der Waals surface area contributed by atoms with E-state index in [0.717, 1.165) is 21.4 Å². The van der Waals surface area contributed by atoms with Crippen LogP contribution in [0.25, 0.3) is 0 Å². The van der Waals surface area contributed by atoms with Gasteiger partial charge >= 0.3 is 0 Å². The molecule has 98 valence electrons. The van der Waals surface area contributed by atoms with Crippen molar-refractivity contribution in [2.75, 3.05) is 5.32 Å². The highest BCUT2D eigenvalue weighted by molar-refractivity contribution is 9.10. The van der Waals surface area contributed by atoms with Crippen LogP contribution in [-0.4, -0.2) is 5.96 Å². The van der Waals surface area contributed by atoms with Gasteiger partial charge in [0.1, 0.15) is 0 Å². The predicted molar refractivity (Wildman–Crippen MR) is 83.4 cm³/mol. The van der Waals surface area contributed by atoms with Crippen LogP contribution in [0.2, 0.25) is 0 Å². The highest BCUT2D eigenvalue weighted by Gasteiger charge is 2.03. The molecule has 0 amide bonds. The molecule has 19 heavy (non-hydrogen) atoms. The molecule has 0 heterocycles. The Bertz CT molecular complexity index is 581. The Labute approximate surface area is 120 Å². The largest absolute Gasteiger partial charge is 0.325 e. The fraction of sp³-hybridized carbons (Fsp3) is 0.0714. The molecule has 0 radical (unpaired) electrons. The molecule has 0 bridgehead atoms. The number of nitrogens with one attached hydrogen (secondary N) is 2. The first-order chi connectivity index (χ1) is 9.20. The van der Waals surface area contributed by atoms with E-state index in [0.29, 0.717) is 5.96 Å². The van der Waals surface area contributed by atoms with Gasteiger partial charge in [-0.05, 0) is 36.8 Å². The number of nitrogens with two attached hydrogens (primary N) is 1. The van der Waals surface area contributed by atoms with Gasteiger partial charge in [-0.25, -0.2) is 10.8 Å². The van der Waals surface area contributed by atoms with Crippen LogP contribution in [0.5, 0.6) is 0 Å². The van der Waals surface area contributed by atoms with Gasteiger partial charge in [0.05, 0.1) is 5.69 Å². The Hall–Kier alpha value is -1.85. The first-order valence-electron chi connectivity index (χ1n) is 5.83. The van der Waals surface area contributed by atoms with Crippen molar-refractivity contribution in [1.29, 1.82) is 0 Å². The summed E-state index contributed by atoms with van der Waals surface area (Å²) in [7, 11) is 0. The highest BCUT2D eigenvalue weighted by Crippen LogP contribution is 2.25. The van der Waals surface area contributed by atoms with Crippen molar-refractivity contribution < 1.29 is 0 Å².